The Morgan fingerprint density at radius 1 is 1.21 bits per heavy atom. The number of hydrogen-bond donors (Lipinski definition) is 2. The molecule has 0 aliphatic carbocycles. The average molecular weight is 264 g/mol. The predicted molar refractivity (Wildman–Crippen MR) is 70.6 cm³/mol. The molecule has 1 aromatic carbocycles. The number of anilines is 3. The van der Waals surface area contributed by atoms with Gasteiger partial charge in [0, 0.05) is 18.3 Å². The molecule has 2 aromatic rings. The van der Waals surface area contributed by atoms with Crippen molar-refractivity contribution in [2.75, 3.05) is 17.2 Å². The third-order valence-electron chi connectivity index (χ3n) is 2.40. The summed E-state index contributed by atoms with van der Waals surface area (Å²) in [6.45, 7) is 4.40. The molecule has 0 aliphatic rings. The summed E-state index contributed by atoms with van der Waals surface area (Å²) in [5.74, 6) is -0.971. The molecule has 0 bridgehead atoms. The molecule has 0 spiro atoms. The van der Waals surface area contributed by atoms with Crippen LogP contribution in [0.15, 0.2) is 24.3 Å². The zero-order chi connectivity index (χ0) is 13.8. The molecule has 6 heteroatoms. The number of aromatic nitrogens is 2. The molecular formula is C13H14F2N4. The maximum absolute atomic E-state index is 13.5. The van der Waals surface area contributed by atoms with Crippen molar-refractivity contribution in [3.63, 3.8) is 0 Å². The minimum Gasteiger partial charge on any atom is -0.354 e. The van der Waals surface area contributed by atoms with Gasteiger partial charge in [-0.25, -0.2) is 13.8 Å². The van der Waals surface area contributed by atoms with Crippen LogP contribution in [0.4, 0.5) is 26.2 Å². The lowest BCUT2D eigenvalue weighted by molar-refractivity contribution is 0.511. The molecule has 0 saturated heterocycles. The molecule has 4 nitrogen and oxygen atoms in total. The lowest BCUT2D eigenvalue weighted by atomic mass is 10.3. The van der Waals surface area contributed by atoms with Gasteiger partial charge >= 0.3 is 0 Å². The molecule has 0 saturated carbocycles. The number of rotatable bonds is 4. The highest BCUT2D eigenvalue weighted by atomic mass is 19.2. The average Bonchev–Trinajstić information content (AvgIpc) is 2.35. The van der Waals surface area contributed by atoms with Gasteiger partial charge in [-0.2, -0.15) is 4.98 Å². The quantitative estimate of drug-likeness (QED) is 0.890. The van der Waals surface area contributed by atoms with E-state index in [1.54, 1.807) is 13.0 Å². The Balaban J connectivity index is 2.30. The van der Waals surface area contributed by atoms with E-state index in [0.717, 1.165) is 11.8 Å². The van der Waals surface area contributed by atoms with Crippen LogP contribution in [-0.4, -0.2) is 16.5 Å². The van der Waals surface area contributed by atoms with E-state index in [1.807, 2.05) is 6.92 Å². The number of hydrogen-bond acceptors (Lipinski definition) is 4. The predicted octanol–water partition coefficient (Wildman–Crippen LogP) is 3.24. The maximum atomic E-state index is 13.5. The van der Waals surface area contributed by atoms with Crippen LogP contribution >= 0.6 is 0 Å². The first-order chi connectivity index (χ1) is 9.10. The molecule has 2 N–H and O–H groups in total. The van der Waals surface area contributed by atoms with E-state index >= 15 is 0 Å². The van der Waals surface area contributed by atoms with Gasteiger partial charge in [0.2, 0.25) is 5.95 Å². The fourth-order valence-electron chi connectivity index (χ4n) is 1.61. The van der Waals surface area contributed by atoms with Crippen LogP contribution in [0.25, 0.3) is 0 Å². The Hall–Kier alpha value is -2.24. The van der Waals surface area contributed by atoms with Crippen molar-refractivity contribution >= 4 is 17.5 Å². The molecule has 1 aromatic heterocycles. The van der Waals surface area contributed by atoms with Crippen LogP contribution < -0.4 is 10.6 Å². The fraction of sp³-hybridized carbons (Fsp3) is 0.231. The van der Waals surface area contributed by atoms with Crippen molar-refractivity contribution in [1.82, 2.24) is 9.97 Å². The molecule has 100 valence electrons. The number of nitrogens with one attached hydrogen (secondary N) is 2. The first-order valence-corrected chi connectivity index (χ1v) is 5.90. The van der Waals surface area contributed by atoms with Crippen LogP contribution in [0.2, 0.25) is 0 Å². The van der Waals surface area contributed by atoms with E-state index in [4.69, 9.17) is 0 Å². The Morgan fingerprint density at radius 3 is 2.74 bits per heavy atom. The largest absolute Gasteiger partial charge is 0.354 e. The van der Waals surface area contributed by atoms with Gasteiger partial charge in [-0.3, -0.25) is 0 Å². The Bertz CT molecular complexity index is 587. The van der Waals surface area contributed by atoms with Crippen LogP contribution in [0.3, 0.4) is 0 Å². The van der Waals surface area contributed by atoms with Gasteiger partial charge in [0.15, 0.2) is 11.6 Å². The monoisotopic (exact) mass is 264 g/mol. The van der Waals surface area contributed by atoms with Crippen molar-refractivity contribution < 1.29 is 8.78 Å². The highest BCUT2D eigenvalue weighted by Crippen LogP contribution is 2.21. The van der Waals surface area contributed by atoms with E-state index in [2.05, 4.69) is 20.6 Å². The molecular weight excluding hydrogens is 250 g/mol. The second-order valence-electron chi connectivity index (χ2n) is 3.97. The molecule has 0 fully saturated rings. The molecule has 0 unspecified atom stereocenters. The van der Waals surface area contributed by atoms with Gasteiger partial charge in [-0.05, 0) is 26.0 Å². The summed E-state index contributed by atoms with van der Waals surface area (Å²) in [5.41, 5.74) is 0.769. The minimum atomic E-state index is -0.927. The molecule has 0 radical (unpaired) electrons. The number of benzene rings is 1. The lowest BCUT2D eigenvalue weighted by Crippen LogP contribution is -2.06. The third kappa shape index (κ3) is 3.15. The van der Waals surface area contributed by atoms with Crippen LogP contribution in [0.5, 0.6) is 0 Å². The van der Waals surface area contributed by atoms with Crippen molar-refractivity contribution in [1.29, 1.82) is 0 Å². The Kier molecular flexibility index (Phi) is 3.89. The number of aryl methyl sites for hydroxylation is 1. The van der Waals surface area contributed by atoms with E-state index in [9.17, 15) is 8.78 Å². The van der Waals surface area contributed by atoms with E-state index in [-0.39, 0.29) is 5.69 Å². The van der Waals surface area contributed by atoms with Crippen LogP contribution in [0, 0.1) is 18.6 Å². The van der Waals surface area contributed by atoms with E-state index in [0.29, 0.717) is 18.3 Å². The van der Waals surface area contributed by atoms with Crippen molar-refractivity contribution in [3.8, 4) is 0 Å². The molecule has 1 heterocycles. The van der Waals surface area contributed by atoms with Crippen LogP contribution in [-0.2, 0) is 0 Å². The summed E-state index contributed by atoms with van der Waals surface area (Å²) < 4.78 is 26.6. The van der Waals surface area contributed by atoms with Crippen molar-refractivity contribution in [3.05, 3.63) is 41.6 Å². The topological polar surface area (TPSA) is 49.8 Å². The van der Waals surface area contributed by atoms with Crippen molar-refractivity contribution in [2.24, 2.45) is 0 Å². The summed E-state index contributed by atoms with van der Waals surface area (Å²) in [6.07, 6.45) is 0. The summed E-state index contributed by atoms with van der Waals surface area (Å²) in [5, 5.41) is 5.72. The zero-order valence-electron chi connectivity index (χ0n) is 10.7. The smallest absolute Gasteiger partial charge is 0.224 e. The van der Waals surface area contributed by atoms with Crippen LogP contribution in [0.1, 0.15) is 12.6 Å². The first-order valence-electron chi connectivity index (χ1n) is 5.90. The van der Waals surface area contributed by atoms with Gasteiger partial charge in [0.05, 0.1) is 5.69 Å². The van der Waals surface area contributed by atoms with Gasteiger partial charge in [-0.15, -0.1) is 0 Å². The zero-order valence-corrected chi connectivity index (χ0v) is 10.7. The molecule has 0 aliphatic heterocycles. The van der Waals surface area contributed by atoms with Gasteiger partial charge < -0.3 is 10.6 Å². The van der Waals surface area contributed by atoms with Gasteiger partial charge in [0.1, 0.15) is 5.82 Å². The van der Waals surface area contributed by atoms with E-state index < -0.39 is 11.6 Å². The summed E-state index contributed by atoms with van der Waals surface area (Å²) >= 11 is 0. The molecule has 2 rings (SSSR count). The van der Waals surface area contributed by atoms with Gasteiger partial charge in [-0.1, -0.05) is 6.07 Å². The summed E-state index contributed by atoms with van der Waals surface area (Å²) in [6, 6.07) is 5.60. The SMILES string of the molecule is CCNc1nc(C)cc(Nc2cccc(F)c2F)n1. The lowest BCUT2D eigenvalue weighted by Gasteiger charge is -2.09. The molecule has 19 heavy (non-hydrogen) atoms. The number of nitrogens with zero attached hydrogens (tertiary/aromatic N) is 2. The standard InChI is InChI=1S/C13H14F2N4/c1-3-16-13-17-8(2)7-11(19-13)18-10-6-4-5-9(14)12(10)15/h4-7H,3H2,1-2H3,(H2,16,17,18,19). The highest BCUT2D eigenvalue weighted by Gasteiger charge is 2.09. The Morgan fingerprint density at radius 2 is 2.00 bits per heavy atom. The maximum Gasteiger partial charge on any atom is 0.224 e. The second-order valence-corrected chi connectivity index (χ2v) is 3.97. The second kappa shape index (κ2) is 5.60. The fourth-order valence-corrected chi connectivity index (χ4v) is 1.61. The first kappa shape index (κ1) is 13.2. The summed E-state index contributed by atoms with van der Waals surface area (Å²) in [4.78, 5) is 8.34. The molecule has 0 atom stereocenters. The molecule has 0 amide bonds. The van der Waals surface area contributed by atoms with Gasteiger partial charge in [0.25, 0.3) is 0 Å². The minimum absolute atomic E-state index is 0.0422. The summed E-state index contributed by atoms with van der Waals surface area (Å²) in [7, 11) is 0. The number of halogens is 2. The Labute approximate surface area is 109 Å². The normalized spacial score (nSPS) is 10.3. The third-order valence-corrected chi connectivity index (χ3v) is 2.40. The van der Waals surface area contributed by atoms with Crippen molar-refractivity contribution in [2.45, 2.75) is 13.8 Å². The highest BCUT2D eigenvalue weighted by molar-refractivity contribution is 5.58. The van der Waals surface area contributed by atoms with E-state index in [1.165, 1.54) is 12.1 Å².